The summed E-state index contributed by atoms with van der Waals surface area (Å²) in [5.74, 6) is 7.44. The molecular formula is C31H44N4O5. The zero-order valence-corrected chi connectivity index (χ0v) is 23.7. The van der Waals surface area contributed by atoms with Gasteiger partial charge in [-0.1, -0.05) is 24.1 Å². The van der Waals surface area contributed by atoms with Crippen LogP contribution in [0.5, 0.6) is 11.5 Å². The van der Waals surface area contributed by atoms with E-state index < -0.39 is 17.6 Å². The molecule has 6 N–H and O–H groups in total. The van der Waals surface area contributed by atoms with Crippen molar-refractivity contribution in [3.63, 3.8) is 0 Å². The molecule has 218 valence electrons. The summed E-state index contributed by atoms with van der Waals surface area (Å²) in [6.07, 6.45) is 9.30. The van der Waals surface area contributed by atoms with E-state index in [1.807, 2.05) is 12.1 Å². The van der Waals surface area contributed by atoms with Gasteiger partial charge in [-0.2, -0.15) is 0 Å². The van der Waals surface area contributed by atoms with Gasteiger partial charge in [0.2, 0.25) is 0 Å². The van der Waals surface area contributed by atoms with Crippen molar-refractivity contribution in [1.82, 2.24) is 10.6 Å². The van der Waals surface area contributed by atoms with Crippen LogP contribution < -0.4 is 21.1 Å². The Morgan fingerprint density at radius 2 is 2.08 bits per heavy atom. The average molecular weight is 553 g/mol. The maximum absolute atomic E-state index is 12.1. The Morgan fingerprint density at radius 3 is 2.83 bits per heavy atom. The molecule has 5 atom stereocenters. The second-order valence-electron chi connectivity index (χ2n) is 11.3. The number of esters is 1. The molecule has 0 unspecified atom stereocenters. The Bertz CT molecular complexity index is 1140. The smallest absolute Gasteiger partial charge is 0.302 e. The monoisotopic (exact) mass is 552 g/mol. The number of nitrogens with two attached hydrogens (primary N) is 1. The zero-order valence-electron chi connectivity index (χ0n) is 23.7. The summed E-state index contributed by atoms with van der Waals surface area (Å²) in [4.78, 5) is 16.1. The molecule has 1 fully saturated rings. The second-order valence-corrected chi connectivity index (χ2v) is 11.3. The van der Waals surface area contributed by atoms with Crippen LogP contribution in [-0.2, 0) is 16.0 Å². The highest BCUT2D eigenvalue weighted by Gasteiger charge is 2.39. The number of nitrogens with one attached hydrogen (secondary N) is 2. The number of rotatable bonds is 6. The predicted octanol–water partition coefficient (Wildman–Crippen LogP) is 2.79. The molecule has 3 aliphatic rings. The maximum atomic E-state index is 12.1. The van der Waals surface area contributed by atoms with Crippen molar-refractivity contribution in [2.75, 3.05) is 20.1 Å². The van der Waals surface area contributed by atoms with Gasteiger partial charge in [0.05, 0.1) is 17.6 Å². The van der Waals surface area contributed by atoms with Crippen molar-refractivity contribution in [2.24, 2.45) is 22.1 Å². The van der Waals surface area contributed by atoms with Gasteiger partial charge in [0.25, 0.3) is 0 Å². The quantitative estimate of drug-likeness (QED) is 0.119. The van der Waals surface area contributed by atoms with Crippen molar-refractivity contribution in [3.05, 3.63) is 35.9 Å². The number of aliphatic hydroxyl groups is 1. The van der Waals surface area contributed by atoms with Gasteiger partial charge in [-0.05, 0) is 75.7 Å². The molecule has 0 amide bonds. The fourth-order valence-corrected chi connectivity index (χ4v) is 6.04. The highest BCUT2D eigenvalue weighted by Crippen LogP contribution is 2.39. The zero-order chi connectivity index (χ0) is 28.5. The Balaban J connectivity index is 1.60. The highest BCUT2D eigenvalue weighted by atomic mass is 16.5. The molecule has 1 aliphatic heterocycles. The van der Waals surface area contributed by atoms with Crippen molar-refractivity contribution in [1.29, 1.82) is 0 Å². The van der Waals surface area contributed by atoms with Crippen molar-refractivity contribution < 1.29 is 24.5 Å². The third kappa shape index (κ3) is 7.92. The number of ether oxygens (including phenoxy) is 2. The normalized spacial score (nSPS) is 29.7. The number of benzene rings is 1. The largest absolute Gasteiger partial charge is 0.504 e. The lowest BCUT2D eigenvalue weighted by atomic mass is 9.69. The van der Waals surface area contributed by atoms with Gasteiger partial charge in [-0.15, -0.1) is 5.92 Å². The number of carbonyl (C=O) groups is 1. The van der Waals surface area contributed by atoms with Gasteiger partial charge < -0.3 is 36.1 Å². The van der Waals surface area contributed by atoms with Gasteiger partial charge in [-0.25, -0.2) is 0 Å². The van der Waals surface area contributed by atoms with E-state index in [9.17, 15) is 15.0 Å². The Hall–Kier alpha value is -3.22. The molecule has 0 radical (unpaired) electrons. The van der Waals surface area contributed by atoms with Crippen LogP contribution in [0.4, 0.5) is 0 Å². The molecule has 40 heavy (non-hydrogen) atoms. The third-order valence-corrected chi connectivity index (χ3v) is 8.30. The average Bonchev–Trinajstić information content (AvgIpc) is 2.94. The summed E-state index contributed by atoms with van der Waals surface area (Å²) in [5.41, 5.74) is 6.60. The minimum atomic E-state index is -0.647. The first kappa shape index (κ1) is 29.8. The van der Waals surface area contributed by atoms with Crippen LogP contribution >= 0.6 is 0 Å². The first-order valence-corrected chi connectivity index (χ1v) is 14.5. The van der Waals surface area contributed by atoms with Crippen LogP contribution in [0, 0.1) is 23.2 Å². The number of phenols is 1. The van der Waals surface area contributed by atoms with Crippen LogP contribution in [0.1, 0.15) is 63.9 Å². The number of aromatic hydroxyl groups is 1. The molecule has 9 nitrogen and oxygen atoms in total. The molecule has 2 aliphatic carbocycles. The number of phenolic OH excluding ortho intramolecular Hbond substituents is 1. The number of aliphatic hydroxyl groups excluding tert-OH is 1. The first-order chi connectivity index (χ1) is 19.3. The fraction of sp³-hybridized carbons (Fsp3) is 0.613. The van der Waals surface area contributed by atoms with Gasteiger partial charge in [0.15, 0.2) is 17.5 Å². The van der Waals surface area contributed by atoms with E-state index in [1.54, 1.807) is 13.1 Å². The summed E-state index contributed by atoms with van der Waals surface area (Å²) in [5, 5.41) is 28.2. The number of hydrogen-bond acceptors (Lipinski definition) is 7. The number of guanidine groups is 1. The lowest BCUT2D eigenvalue weighted by molar-refractivity contribution is -0.151. The van der Waals surface area contributed by atoms with Crippen LogP contribution in [0.3, 0.4) is 0 Å². The Labute approximate surface area is 237 Å². The van der Waals surface area contributed by atoms with Gasteiger partial charge in [-0.3, -0.25) is 9.79 Å². The van der Waals surface area contributed by atoms with E-state index in [-0.39, 0.29) is 29.8 Å². The fourth-order valence-electron chi connectivity index (χ4n) is 6.04. The molecular weight excluding hydrogens is 508 g/mol. The highest BCUT2D eigenvalue weighted by molar-refractivity contribution is 5.78. The van der Waals surface area contributed by atoms with Gasteiger partial charge in [0, 0.05) is 32.7 Å². The topological polar surface area (TPSA) is 138 Å². The van der Waals surface area contributed by atoms with Crippen LogP contribution in [0.25, 0.3) is 0 Å². The van der Waals surface area contributed by atoms with Crippen molar-refractivity contribution in [2.45, 2.75) is 89.1 Å². The number of carbonyl (C=O) groups excluding carboxylic acids is 1. The minimum absolute atomic E-state index is 0.0555. The molecule has 0 bridgehead atoms. The van der Waals surface area contributed by atoms with E-state index in [0.717, 1.165) is 44.3 Å². The number of aliphatic imine (C=N–C) groups is 1. The standard InChI is InChI=1S/C31H44N4O5/c1-21(36)39-27-20-24(37)10-15-31(13-4-3-7-29(31)35-30(32)33-2)14-5-6-23(27)18-22-8-9-26(38)28(19-22)40-25-11-16-34-17-12-25/h3,7-9,19,23-25,27,29,34,37-38H,4,6,10-13,15-18,20H2,1-2H3,(H3,32,33,35)/t23-,24-,27-,29+,31-/m0/s1. The van der Waals surface area contributed by atoms with Crippen LogP contribution in [0.2, 0.25) is 0 Å². The molecule has 1 saturated heterocycles. The van der Waals surface area contributed by atoms with E-state index in [0.29, 0.717) is 43.8 Å². The van der Waals surface area contributed by atoms with E-state index >= 15 is 0 Å². The Kier molecular flexibility index (Phi) is 10.3. The molecule has 4 rings (SSSR count). The number of hydrogen-bond donors (Lipinski definition) is 5. The maximum Gasteiger partial charge on any atom is 0.302 e. The molecule has 9 heteroatoms. The lowest BCUT2D eigenvalue weighted by Crippen LogP contribution is -2.50. The molecule has 1 aromatic rings. The number of piperidine rings is 1. The van der Waals surface area contributed by atoms with E-state index in [4.69, 9.17) is 15.2 Å². The SMILES string of the molecule is CN=C(N)N[C@@H]1C=CCC[C@@]12C#CC[C@@H](Cc1ccc(O)c(OC3CCNCC3)c1)[C@@H](OC(C)=O)C[C@@H](O)CC2. The molecule has 1 spiro atoms. The molecule has 0 aromatic heterocycles. The summed E-state index contributed by atoms with van der Waals surface area (Å²) in [7, 11) is 1.65. The molecule has 1 aromatic carbocycles. The molecule has 1 heterocycles. The number of allylic oxidation sites excluding steroid dienone is 1. The summed E-state index contributed by atoms with van der Waals surface area (Å²) < 4.78 is 11.9. The van der Waals surface area contributed by atoms with Crippen molar-refractivity contribution >= 4 is 11.9 Å². The predicted molar refractivity (Wildman–Crippen MR) is 155 cm³/mol. The number of nitrogens with zero attached hydrogens (tertiary/aromatic N) is 1. The van der Waals surface area contributed by atoms with Gasteiger partial charge >= 0.3 is 5.97 Å². The van der Waals surface area contributed by atoms with E-state index in [1.165, 1.54) is 6.92 Å². The van der Waals surface area contributed by atoms with Crippen LogP contribution in [-0.4, -0.2) is 66.6 Å². The van der Waals surface area contributed by atoms with Crippen LogP contribution in [0.15, 0.2) is 35.3 Å². The molecule has 0 saturated carbocycles. The lowest BCUT2D eigenvalue weighted by Gasteiger charge is -2.39. The third-order valence-electron chi connectivity index (χ3n) is 8.30. The van der Waals surface area contributed by atoms with Crippen molar-refractivity contribution in [3.8, 4) is 23.3 Å². The summed E-state index contributed by atoms with van der Waals surface area (Å²) >= 11 is 0. The second kappa shape index (κ2) is 13.9. The first-order valence-electron chi connectivity index (χ1n) is 14.5. The van der Waals surface area contributed by atoms with Gasteiger partial charge in [0.1, 0.15) is 12.2 Å². The minimum Gasteiger partial charge on any atom is -0.504 e. The summed E-state index contributed by atoms with van der Waals surface area (Å²) in [6.45, 7) is 3.19. The van der Waals surface area contributed by atoms with E-state index in [2.05, 4.69) is 39.6 Å². The Morgan fingerprint density at radius 1 is 1.27 bits per heavy atom. The summed E-state index contributed by atoms with van der Waals surface area (Å²) in [6, 6.07) is 5.30.